The van der Waals surface area contributed by atoms with Crippen LogP contribution >= 0.6 is 0 Å². The Morgan fingerprint density at radius 2 is 1.89 bits per heavy atom. The lowest BCUT2D eigenvalue weighted by Crippen LogP contribution is -2.47. The first kappa shape index (κ1) is 14.7. The van der Waals surface area contributed by atoms with Crippen molar-refractivity contribution < 1.29 is 4.79 Å². The van der Waals surface area contributed by atoms with Gasteiger partial charge in [0.1, 0.15) is 0 Å². The largest absolute Gasteiger partial charge is 0.336 e. The first-order valence-electron chi connectivity index (χ1n) is 6.55. The van der Waals surface area contributed by atoms with Crippen LogP contribution in [0.3, 0.4) is 0 Å². The highest BCUT2D eigenvalue weighted by atomic mass is 16.2. The van der Waals surface area contributed by atoms with Gasteiger partial charge in [-0.3, -0.25) is 4.79 Å². The highest BCUT2D eigenvalue weighted by molar-refractivity contribution is 5.96. The van der Waals surface area contributed by atoms with E-state index >= 15 is 0 Å². The standard InChI is InChI=1S/C15H24N2O/c1-5-13(3)7-8-14(6-2)15(18)17-11-9-16(4)10-12-17/h6,8H,2-3,5,7,9-12H2,1,4H3/b14-8+. The van der Waals surface area contributed by atoms with Crippen LogP contribution in [-0.4, -0.2) is 48.9 Å². The summed E-state index contributed by atoms with van der Waals surface area (Å²) in [6.45, 7) is 13.3. The molecule has 0 bridgehead atoms. The van der Waals surface area contributed by atoms with Crippen molar-refractivity contribution in [2.75, 3.05) is 33.2 Å². The molecule has 0 atom stereocenters. The van der Waals surface area contributed by atoms with E-state index in [9.17, 15) is 4.79 Å². The van der Waals surface area contributed by atoms with Crippen LogP contribution < -0.4 is 0 Å². The second-order valence-electron chi connectivity index (χ2n) is 4.77. The molecule has 1 heterocycles. The zero-order valence-corrected chi connectivity index (χ0v) is 11.6. The van der Waals surface area contributed by atoms with Crippen molar-refractivity contribution >= 4 is 5.91 Å². The van der Waals surface area contributed by atoms with Crippen LogP contribution in [-0.2, 0) is 4.79 Å². The first-order chi connectivity index (χ1) is 8.58. The van der Waals surface area contributed by atoms with Gasteiger partial charge in [0.25, 0.3) is 5.91 Å². The Hall–Kier alpha value is -1.35. The topological polar surface area (TPSA) is 23.6 Å². The minimum absolute atomic E-state index is 0.0991. The molecule has 1 fully saturated rings. The molecule has 0 unspecified atom stereocenters. The molecule has 0 aliphatic carbocycles. The van der Waals surface area contributed by atoms with Gasteiger partial charge in [0.2, 0.25) is 0 Å². The molecule has 0 aromatic rings. The van der Waals surface area contributed by atoms with E-state index in [1.807, 2.05) is 11.0 Å². The maximum absolute atomic E-state index is 12.3. The van der Waals surface area contributed by atoms with Crippen molar-refractivity contribution in [1.82, 2.24) is 9.80 Å². The van der Waals surface area contributed by atoms with Gasteiger partial charge in [0.05, 0.1) is 0 Å². The summed E-state index contributed by atoms with van der Waals surface area (Å²) in [6.07, 6.45) is 5.31. The SMILES string of the molecule is C=C/C(=C\CC(=C)CC)C(=O)N1CCN(C)CC1. The van der Waals surface area contributed by atoms with Crippen LogP contribution in [0.25, 0.3) is 0 Å². The summed E-state index contributed by atoms with van der Waals surface area (Å²) in [7, 11) is 2.08. The molecule has 100 valence electrons. The summed E-state index contributed by atoms with van der Waals surface area (Å²) in [5, 5.41) is 0. The Morgan fingerprint density at radius 3 is 2.39 bits per heavy atom. The number of nitrogens with zero attached hydrogens (tertiary/aromatic N) is 2. The van der Waals surface area contributed by atoms with Crippen molar-refractivity contribution in [2.24, 2.45) is 0 Å². The molecule has 0 aromatic carbocycles. The summed E-state index contributed by atoms with van der Waals surface area (Å²) in [5.41, 5.74) is 1.84. The van der Waals surface area contributed by atoms with Gasteiger partial charge in [-0.1, -0.05) is 37.8 Å². The lowest BCUT2D eigenvalue weighted by molar-refractivity contribution is -0.128. The summed E-state index contributed by atoms with van der Waals surface area (Å²) in [4.78, 5) is 16.4. The smallest absolute Gasteiger partial charge is 0.253 e. The van der Waals surface area contributed by atoms with Crippen molar-refractivity contribution in [1.29, 1.82) is 0 Å². The third-order valence-electron chi connectivity index (χ3n) is 3.37. The lowest BCUT2D eigenvalue weighted by Gasteiger charge is -2.32. The van der Waals surface area contributed by atoms with Gasteiger partial charge in [0.15, 0.2) is 0 Å². The van der Waals surface area contributed by atoms with E-state index in [0.717, 1.165) is 44.6 Å². The zero-order chi connectivity index (χ0) is 13.5. The molecular weight excluding hydrogens is 224 g/mol. The second kappa shape index (κ2) is 7.17. The van der Waals surface area contributed by atoms with Gasteiger partial charge in [0, 0.05) is 31.8 Å². The Morgan fingerprint density at radius 1 is 1.28 bits per heavy atom. The minimum atomic E-state index is 0.0991. The minimum Gasteiger partial charge on any atom is -0.336 e. The molecule has 0 N–H and O–H groups in total. The van der Waals surface area contributed by atoms with Crippen LogP contribution in [0.1, 0.15) is 19.8 Å². The van der Waals surface area contributed by atoms with E-state index < -0.39 is 0 Å². The highest BCUT2D eigenvalue weighted by Gasteiger charge is 2.20. The molecule has 1 rings (SSSR count). The Bertz CT molecular complexity index is 350. The van der Waals surface area contributed by atoms with Gasteiger partial charge in [-0.25, -0.2) is 0 Å². The van der Waals surface area contributed by atoms with Gasteiger partial charge < -0.3 is 9.80 Å². The summed E-state index contributed by atoms with van der Waals surface area (Å²) < 4.78 is 0. The molecule has 1 amide bonds. The molecule has 3 heteroatoms. The maximum atomic E-state index is 12.3. The van der Waals surface area contributed by atoms with Crippen LogP contribution in [0, 0.1) is 0 Å². The van der Waals surface area contributed by atoms with Gasteiger partial charge in [-0.2, -0.15) is 0 Å². The van der Waals surface area contributed by atoms with Crippen molar-refractivity contribution in [3.8, 4) is 0 Å². The number of allylic oxidation sites excluding steroid dienone is 2. The fourth-order valence-corrected chi connectivity index (χ4v) is 1.85. The van der Waals surface area contributed by atoms with E-state index in [2.05, 4.69) is 32.0 Å². The number of amides is 1. The van der Waals surface area contributed by atoms with Gasteiger partial charge in [-0.05, 0) is 19.9 Å². The monoisotopic (exact) mass is 248 g/mol. The Balaban J connectivity index is 2.61. The lowest BCUT2D eigenvalue weighted by atomic mass is 10.1. The van der Waals surface area contributed by atoms with Gasteiger partial charge in [-0.15, -0.1) is 0 Å². The predicted molar refractivity (Wildman–Crippen MR) is 76.4 cm³/mol. The van der Waals surface area contributed by atoms with E-state index in [4.69, 9.17) is 0 Å². The third kappa shape index (κ3) is 4.15. The van der Waals surface area contributed by atoms with Gasteiger partial charge >= 0.3 is 0 Å². The summed E-state index contributed by atoms with van der Waals surface area (Å²) >= 11 is 0. The number of hydrogen-bond acceptors (Lipinski definition) is 2. The zero-order valence-electron chi connectivity index (χ0n) is 11.6. The normalized spacial score (nSPS) is 17.7. The Kier molecular flexibility index (Phi) is 5.86. The number of carbonyl (C=O) groups is 1. The Labute approximate surface area is 110 Å². The van der Waals surface area contributed by atoms with Crippen LogP contribution in [0.5, 0.6) is 0 Å². The molecule has 3 nitrogen and oxygen atoms in total. The average Bonchev–Trinajstić information content (AvgIpc) is 2.39. The van der Waals surface area contributed by atoms with E-state index in [-0.39, 0.29) is 5.91 Å². The fraction of sp³-hybridized carbons (Fsp3) is 0.533. The molecular formula is C15H24N2O. The van der Waals surface area contributed by atoms with Crippen LogP contribution in [0.15, 0.2) is 36.5 Å². The quantitative estimate of drug-likeness (QED) is 0.423. The third-order valence-corrected chi connectivity index (χ3v) is 3.37. The molecule has 1 aliphatic rings. The molecule has 18 heavy (non-hydrogen) atoms. The molecule has 0 radical (unpaired) electrons. The predicted octanol–water partition coefficient (Wildman–Crippen LogP) is 2.23. The number of rotatable bonds is 5. The molecule has 0 saturated carbocycles. The van der Waals surface area contributed by atoms with Crippen molar-refractivity contribution in [3.63, 3.8) is 0 Å². The fourth-order valence-electron chi connectivity index (χ4n) is 1.85. The average molecular weight is 248 g/mol. The molecule has 1 aliphatic heterocycles. The second-order valence-corrected chi connectivity index (χ2v) is 4.77. The van der Waals surface area contributed by atoms with E-state index in [1.54, 1.807) is 6.08 Å². The van der Waals surface area contributed by atoms with E-state index in [1.165, 1.54) is 0 Å². The number of carbonyl (C=O) groups excluding carboxylic acids is 1. The number of piperazine rings is 1. The maximum Gasteiger partial charge on any atom is 0.253 e. The first-order valence-corrected chi connectivity index (χ1v) is 6.55. The van der Waals surface area contributed by atoms with Crippen LogP contribution in [0.2, 0.25) is 0 Å². The molecule has 0 aromatic heterocycles. The van der Waals surface area contributed by atoms with Crippen LogP contribution in [0.4, 0.5) is 0 Å². The van der Waals surface area contributed by atoms with Crippen molar-refractivity contribution in [2.45, 2.75) is 19.8 Å². The summed E-state index contributed by atoms with van der Waals surface area (Å²) in [6, 6.07) is 0. The van der Waals surface area contributed by atoms with Crippen molar-refractivity contribution in [3.05, 3.63) is 36.5 Å². The summed E-state index contributed by atoms with van der Waals surface area (Å²) in [5.74, 6) is 0.0991. The van der Waals surface area contributed by atoms with E-state index in [0.29, 0.717) is 5.57 Å². The number of likely N-dealkylation sites (N-methyl/N-ethyl adjacent to an activating group) is 1. The highest BCUT2D eigenvalue weighted by Crippen LogP contribution is 2.11. The molecule has 1 saturated heterocycles. The number of hydrogen-bond donors (Lipinski definition) is 0. The molecule has 0 spiro atoms.